The van der Waals surface area contributed by atoms with Gasteiger partial charge in [-0.25, -0.2) is 9.37 Å². The molecule has 5 rings (SSSR count). The molecular weight excluding hydrogens is 435 g/mol. The zero-order valence-electron chi connectivity index (χ0n) is 19.7. The van der Waals surface area contributed by atoms with E-state index in [1.807, 2.05) is 31.0 Å². The second kappa shape index (κ2) is 9.21. The smallest absolute Gasteiger partial charge is 0.251 e. The summed E-state index contributed by atoms with van der Waals surface area (Å²) in [6, 6.07) is 6.64. The van der Waals surface area contributed by atoms with Crippen LogP contribution in [-0.4, -0.2) is 66.5 Å². The Morgan fingerprint density at radius 3 is 2.74 bits per heavy atom. The molecule has 3 aliphatic rings. The molecule has 0 saturated carbocycles. The van der Waals surface area contributed by atoms with Crippen LogP contribution in [0.1, 0.15) is 42.6 Å². The van der Waals surface area contributed by atoms with E-state index in [-0.39, 0.29) is 29.7 Å². The third kappa shape index (κ3) is 4.44. The summed E-state index contributed by atoms with van der Waals surface area (Å²) < 4.78 is 14.8. The molecule has 0 radical (unpaired) electrons. The van der Waals surface area contributed by atoms with Crippen molar-refractivity contribution in [2.75, 3.05) is 47.8 Å². The lowest BCUT2D eigenvalue weighted by Gasteiger charge is -2.36. The fraction of sp³-hybridized carbons (Fsp3) is 0.480. The molecule has 2 aromatic rings. The van der Waals surface area contributed by atoms with E-state index >= 15 is 0 Å². The average Bonchev–Trinajstić information content (AvgIpc) is 3.30. The minimum Gasteiger partial charge on any atom is -0.367 e. The van der Waals surface area contributed by atoms with E-state index in [9.17, 15) is 14.0 Å². The fourth-order valence-electron chi connectivity index (χ4n) is 5.07. The summed E-state index contributed by atoms with van der Waals surface area (Å²) >= 11 is 0. The summed E-state index contributed by atoms with van der Waals surface area (Å²) in [5.41, 5.74) is 2.71. The van der Waals surface area contributed by atoms with Crippen LogP contribution in [0.15, 0.2) is 30.5 Å². The Morgan fingerprint density at radius 2 is 2.00 bits per heavy atom. The van der Waals surface area contributed by atoms with E-state index < -0.39 is 0 Å². The van der Waals surface area contributed by atoms with Gasteiger partial charge < -0.3 is 20.4 Å². The van der Waals surface area contributed by atoms with Crippen molar-refractivity contribution < 1.29 is 14.0 Å². The molecule has 0 unspecified atom stereocenters. The molecule has 0 bridgehead atoms. The number of fused-ring (bicyclic) bond motifs is 3. The minimum absolute atomic E-state index is 0.00188. The molecule has 2 amide bonds. The van der Waals surface area contributed by atoms with Crippen molar-refractivity contribution in [2.24, 2.45) is 0 Å². The van der Waals surface area contributed by atoms with Crippen LogP contribution in [0.3, 0.4) is 0 Å². The van der Waals surface area contributed by atoms with E-state index in [1.165, 1.54) is 6.07 Å². The molecule has 0 spiro atoms. The molecule has 8 nitrogen and oxygen atoms in total. The minimum atomic E-state index is -0.375. The third-order valence-corrected chi connectivity index (χ3v) is 6.76. The van der Waals surface area contributed by atoms with Gasteiger partial charge in [-0.3, -0.25) is 14.5 Å². The summed E-state index contributed by atoms with van der Waals surface area (Å²) in [4.78, 5) is 35.7. The Balaban J connectivity index is 1.20. The van der Waals surface area contributed by atoms with Gasteiger partial charge in [-0.1, -0.05) is 0 Å². The van der Waals surface area contributed by atoms with Crippen LogP contribution in [-0.2, 0) is 11.3 Å². The normalized spacial score (nSPS) is 20.2. The van der Waals surface area contributed by atoms with Gasteiger partial charge in [0.15, 0.2) is 5.82 Å². The highest BCUT2D eigenvalue weighted by atomic mass is 19.1. The molecular formula is C25H31FN6O2. The highest BCUT2D eigenvalue weighted by Crippen LogP contribution is 2.35. The maximum atomic E-state index is 14.8. The first-order chi connectivity index (χ1) is 16.4. The second-order valence-corrected chi connectivity index (χ2v) is 9.61. The first-order valence-electron chi connectivity index (χ1n) is 12.0. The van der Waals surface area contributed by atoms with Crippen molar-refractivity contribution in [2.45, 2.75) is 45.3 Å². The molecule has 1 aromatic heterocycles. The van der Waals surface area contributed by atoms with Crippen molar-refractivity contribution >= 4 is 29.0 Å². The highest BCUT2D eigenvalue weighted by Gasteiger charge is 2.37. The van der Waals surface area contributed by atoms with Crippen LogP contribution in [0.4, 0.5) is 21.6 Å². The Hall–Kier alpha value is -3.20. The number of hydrogen-bond donors (Lipinski definition) is 2. The van der Waals surface area contributed by atoms with Crippen molar-refractivity contribution in [1.29, 1.82) is 0 Å². The number of carbonyl (C=O) groups excluding carboxylic acids is 2. The van der Waals surface area contributed by atoms with Gasteiger partial charge in [-0.2, -0.15) is 0 Å². The first kappa shape index (κ1) is 22.6. The fourth-order valence-corrected chi connectivity index (χ4v) is 5.07. The number of carbonyl (C=O) groups is 2. The number of anilines is 3. The van der Waals surface area contributed by atoms with Gasteiger partial charge in [0, 0.05) is 57.1 Å². The summed E-state index contributed by atoms with van der Waals surface area (Å²) in [5.74, 6) is 0.295. The van der Waals surface area contributed by atoms with Gasteiger partial charge in [0.1, 0.15) is 11.9 Å². The molecule has 2 saturated heterocycles. The van der Waals surface area contributed by atoms with Gasteiger partial charge >= 0.3 is 0 Å². The number of aromatic nitrogens is 1. The van der Waals surface area contributed by atoms with E-state index in [1.54, 1.807) is 12.1 Å². The lowest BCUT2D eigenvalue weighted by atomic mass is 10.1. The molecule has 1 atom stereocenters. The van der Waals surface area contributed by atoms with Crippen molar-refractivity contribution in [1.82, 2.24) is 15.2 Å². The third-order valence-electron chi connectivity index (χ3n) is 6.76. The number of pyridine rings is 1. The molecule has 0 aliphatic carbocycles. The zero-order valence-corrected chi connectivity index (χ0v) is 19.7. The summed E-state index contributed by atoms with van der Waals surface area (Å²) in [6.45, 7) is 8.31. The molecule has 2 fully saturated rings. The SMILES string of the molecule is CC(C)NC(=O)c1ccc(N2CCN(Cc3cnc4c(c3)NC(=O)[C@@H]3CCCN43)CC2)c(F)c1. The van der Waals surface area contributed by atoms with Gasteiger partial charge in [0.25, 0.3) is 5.91 Å². The van der Waals surface area contributed by atoms with Crippen molar-refractivity contribution in [3.05, 3.63) is 47.4 Å². The maximum Gasteiger partial charge on any atom is 0.251 e. The van der Waals surface area contributed by atoms with Crippen LogP contribution in [0.5, 0.6) is 0 Å². The molecule has 180 valence electrons. The molecule has 1 aromatic carbocycles. The zero-order chi connectivity index (χ0) is 23.8. The number of halogens is 1. The van der Waals surface area contributed by atoms with Crippen molar-refractivity contribution in [3.8, 4) is 0 Å². The average molecular weight is 467 g/mol. The Bertz CT molecular complexity index is 1100. The number of nitrogens with one attached hydrogen (secondary N) is 2. The van der Waals surface area contributed by atoms with E-state index in [0.717, 1.165) is 56.1 Å². The summed E-state index contributed by atoms with van der Waals surface area (Å²) in [7, 11) is 0. The number of benzene rings is 1. The lowest BCUT2D eigenvalue weighted by molar-refractivity contribution is -0.117. The molecule has 2 N–H and O–H groups in total. The Kier molecular flexibility index (Phi) is 6.12. The predicted molar refractivity (Wildman–Crippen MR) is 130 cm³/mol. The van der Waals surface area contributed by atoms with Crippen LogP contribution in [0.2, 0.25) is 0 Å². The molecule has 34 heavy (non-hydrogen) atoms. The standard InChI is InChI=1S/C25H31FN6O2/c1-16(2)28-24(33)18-5-6-21(19(26)13-18)31-10-8-30(9-11-31)15-17-12-20-23(27-14-17)32-7-3-4-22(32)25(34)29-20/h5-6,12-14,16,22H,3-4,7-11,15H2,1-2H3,(H,28,33)(H,29,34)/t22-/m0/s1. The van der Waals surface area contributed by atoms with Gasteiger partial charge in [-0.05, 0) is 56.5 Å². The number of hydrogen-bond acceptors (Lipinski definition) is 6. The van der Waals surface area contributed by atoms with Crippen LogP contribution < -0.4 is 20.4 Å². The second-order valence-electron chi connectivity index (χ2n) is 9.61. The van der Waals surface area contributed by atoms with E-state index in [0.29, 0.717) is 24.3 Å². The predicted octanol–water partition coefficient (Wildman–Crippen LogP) is 2.60. The maximum absolute atomic E-state index is 14.8. The Labute approximate surface area is 199 Å². The number of rotatable bonds is 5. The van der Waals surface area contributed by atoms with Crippen molar-refractivity contribution in [3.63, 3.8) is 0 Å². The Morgan fingerprint density at radius 1 is 1.21 bits per heavy atom. The highest BCUT2D eigenvalue weighted by molar-refractivity contribution is 6.03. The monoisotopic (exact) mass is 466 g/mol. The lowest BCUT2D eigenvalue weighted by Crippen LogP contribution is -2.46. The quantitative estimate of drug-likeness (QED) is 0.705. The number of piperazine rings is 1. The molecule has 9 heteroatoms. The van der Waals surface area contributed by atoms with E-state index in [2.05, 4.69) is 25.4 Å². The number of amides is 2. The van der Waals surface area contributed by atoms with Crippen LogP contribution >= 0.6 is 0 Å². The topological polar surface area (TPSA) is 80.8 Å². The van der Waals surface area contributed by atoms with Crippen LogP contribution in [0, 0.1) is 5.82 Å². The summed E-state index contributed by atoms with van der Waals surface area (Å²) in [5, 5.41) is 5.82. The molecule has 3 aliphatic heterocycles. The van der Waals surface area contributed by atoms with Gasteiger partial charge in [0.2, 0.25) is 5.91 Å². The number of nitrogens with zero attached hydrogens (tertiary/aromatic N) is 4. The van der Waals surface area contributed by atoms with Gasteiger partial charge in [0.05, 0.1) is 11.4 Å². The van der Waals surface area contributed by atoms with E-state index in [4.69, 9.17) is 0 Å². The largest absolute Gasteiger partial charge is 0.367 e. The van der Waals surface area contributed by atoms with Gasteiger partial charge in [-0.15, -0.1) is 0 Å². The molecule has 4 heterocycles. The van der Waals surface area contributed by atoms with Crippen LogP contribution in [0.25, 0.3) is 0 Å². The first-order valence-corrected chi connectivity index (χ1v) is 12.0. The summed E-state index contributed by atoms with van der Waals surface area (Å²) in [6.07, 6.45) is 3.80.